The van der Waals surface area contributed by atoms with E-state index >= 15 is 0 Å². The Morgan fingerprint density at radius 2 is 1.72 bits per heavy atom. The number of hydrogen-bond acceptors (Lipinski definition) is 3. The van der Waals surface area contributed by atoms with E-state index in [1.165, 1.54) is 4.31 Å². The Morgan fingerprint density at radius 3 is 2.28 bits per heavy atom. The molecule has 5 nitrogen and oxygen atoms in total. The van der Waals surface area contributed by atoms with Crippen molar-refractivity contribution in [2.75, 3.05) is 21.9 Å². The highest BCUT2D eigenvalue weighted by Gasteiger charge is 2.28. The van der Waals surface area contributed by atoms with Gasteiger partial charge in [-0.3, -0.25) is 9.10 Å². The van der Waals surface area contributed by atoms with Crippen LogP contribution in [0.2, 0.25) is 0 Å². The average Bonchev–Trinajstić information content (AvgIpc) is 2.87. The number of hydrogen-bond donors (Lipinski definition) is 1. The van der Waals surface area contributed by atoms with Gasteiger partial charge in [0.15, 0.2) is 0 Å². The lowest BCUT2D eigenvalue weighted by Gasteiger charge is -2.18. The Kier molecular flexibility index (Phi) is 4.56. The van der Waals surface area contributed by atoms with Gasteiger partial charge >= 0.3 is 0 Å². The summed E-state index contributed by atoms with van der Waals surface area (Å²) in [5.41, 5.74) is 4.86. The molecule has 1 aliphatic rings. The Hall–Kier alpha value is -2.34. The summed E-state index contributed by atoms with van der Waals surface area (Å²) in [5, 5.41) is 2.91. The van der Waals surface area contributed by atoms with Gasteiger partial charge in [-0.1, -0.05) is 17.2 Å². The first kappa shape index (κ1) is 17.5. The van der Waals surface area contributed by atoms with E-state index in [9.17, 15) is 13.2 Å². The van der Waals surface area contributed by atoms with E-state index in [0.29, 0.717) is 29.9 Å². The number of anilines is 2. The van der Waals surface area contributed by atoms with Crippen LogP contribution in [0.25, 0.3) is 0 Å². The molecule has 3 rings (SSSR count). The molecule has 0 aromatic heterocycles. The van der Waals surface area contributed by atoms with Crippen LogP contribution < -0.4 is 9.62 Å². The highest BCUT2D eigenvalue weighted by Crippen LogP contribution is 2.28. The molecule has 1 fully saturated rings. The van der Waals surface area contributed by atoms with Crippen molar-refractivity contribution in [3.63, 3.8) is 0 Å². The first-order chi connectivity index (χ1) is 11.8. The van der Waals surface area contributed by atoms with Gasteiger partial charge in [-0.2, -0.15) is 0 Å². The molecule has 6 heteroatoms. The van der Waals surface area contributed by atoms with E-state index in [0.717, 1.165) is 16.7 Å². The third kappa shape index (κ3) is 3.69. The molecule has 1 aliphatic heterocycles. The minimum atomic E-state index is -3.20. The standard InChI is InChI=1S/C19H22N2O3S/c1-13-9-14(2)11-16(10-13)19(22)20-18-6-5-17(12-15(18)3)21-7-4-8-25(21,23)24/h5-6,9-12H,4,7-8H2,1-3H3,(H,20,22). The van der Waals surface area contributed by atoms with Crippen LogP contribution in [0.15, 0.2) is 36.4 Å². The molecule has 25 heavy (non-hydrogen) atoms. The van der Waals surface area contributed by atoms with Crippen LogP contribution in [-0.2, 0) is 10.0 Å². The molecule has 0 spiro atoms. The molecule has 1 heterocycles. The SMILES string of the molecule is Cc1cc(C)cc(C(=O)Nc2ccc(N3CCCS3(=O)=O)cc2C)c1. The van der Waals surface area contributed by atoms with Crippen molar-refractivity contribution in [2.45, 2.75) is 27.2 Å². The van der Waals surface area contributed by atoms with Crippen LogP contribution in [-0.4, -0.2) is 26.6 Å². The van der Waals surface area contributed by atoms with Crippen LogP contribution >= 0.6 is 0 Å². The fraction of sp³-hybridized carbons (Fsp3) is 0.316. The number of carbonyl (C=O) groups is 1. The van der Waals surface area contributed by atoms with E-state index in [2.05, 4.69) is 5.32 Å². The van der Waals surface area contributed by atoms with Gasteiger partial charge in [0.25, 0.3) is 5.91 Å². The fourth-order valence-electron chi connectivity index (χ4n) is 3.17. The van der Waals surface area contributed by atoms with Crippen molar-refractivity contribution in [2.24, 2.45) is 0 Å². The van der Waals surface area contributed by atoms with E-state index in [-0.39, 0.29) is 11.7 Å². The summed E-state index contributed by atoms with van der Waals surface area (Å²) in [6.45, 7) is 6.29. The predicted octanol–water partition coefficient (Wildman–Crippen LogP) is 3.40. The van der Waals surface area contributed by atoms with Gasteiger partial charge in [0, 0.05) is 17.8 Å². The van der Waals surface area contributed by atoms with E-state index < -0.39 is 10.0 Å². The van der Waals surface area contributed by atoms with E-state index in [1.54, 1.807) is 18.2 Å². The second-order valence-corrected chi connectivity index (χ2v) is 8.58. The summed E-state index contributed by atoms with van der Waals surface area (Å²) in [5.74, 6) is 0.0218. The van der Waals surface area contributed by atoms with Crippen LogP contribution in [0.4, 0.5) is 11.4 Å². The van der Waals surface area contributed by atoms with Crippen molar-refractivity contribution in [1.29, 1.82) is 0 Å². The van der Waals surface area contributed by atoms with E-state index in [4.69, 9.17) is 0 Å². The maximum atomic E-state index is 12.5. The minimum absolute atomic E-state index is 0.170. The maximum absolute atomic E-state index is 12.5. The zero-order valence-electron chi connectivity index (χ0n) is 14.7. The second kappa shape index (κ2) is 6.52. The normalized spacial score (nSPS) is 16.0. The Balaban J connectivity index is 1.83. The molecule has 0 atom stereocenters. The minimum Gasteiger partial charge on any atom is -0.322 e. The lowest BCUT2D eigenvalue weighted by atomic mass is 10.1. The smallest absolute Gasteiger partial charge is 0.255 e. The predicted molar refractivity (Wildman–Crippen MR) is 101 cm³/mol. The third-order valence-electron chi connectivity index (χ3n) is 4.33. The lowest BCUT2D eigenvalue weighted by Crippen LogP contribution is -2.25. The molecule has 2 aromatic rings. The zero-order chi connectivity index (χ0) is 18.2. The summed E-state index contributed by atoms with van der Waals surface area (Å²) < 4.78 is 25.5. The number of nitrogens with zero attached hydrogens (tertiary/aromatic N) is 1. The number of nitrogens with one attached hydrogen (secondary N) is 1. The molecule has 0 unspecified atom stereocenters. The number of sulfonamides is 1. The molecule has 1 saturated heterocycles. The van der Waals surface area contributed by atoms with Gasteiger partial charge in [-0.25, -0.2) is 8.42 Å². The third-order valence-corrected chi connectivity index (χ3v) is 6.20. The van der Waals surface area contributed by atoms with E-state index in [1.807, 2.05) is 39.0 Å². The monoisotopic (exact) mass is 358 g/mol. The lowest BCUT2D eigenvalue weighted by molar-refractivity contribution is 0.102. The Bertz CT molecular complexity index is 915. The Morgan fingerprint density at radius 1 is 1.04 bits per heavy atom. The average molecular weight is 358 g/mol. The van der Waals surface area contributed by atoms with Crippen LogP contribution in [0.3, 0.4) is 0 Å². The number of amides is 1. The fourth-order valence-corrected chi connectivity index (χ4v) is 4.73. The largest absolute Gasteiger partial charge is 0.322 e. The molecule has 1 N–H and O–H groups in total. The molecule has 0 saturated carbocycles. The van der Waals surface area contributed by atoms with Crippen molar-refractivity contribution < 1.29 is 13.2 Å². The summed E-state index contributed by atoms with van der Waals surface area (Å²) in [6, 6.07) is 11.0. The first-order valence-corrected chi connectivity index (χ1v) is 9.88. The maximum Gasteiger partial charge on any atom is 0.255 e. The van der Waals surface area contributed by atoms with Crippen molar-refractivity contribution in [3.05, 3.63) is 58.7 Å². The van der Waals surface area contributed by atoms with Crippen molar-refractivity contribution in [3.8, 4) is 0 Å². The van der Waals surface area contributed by atoms with Gasteiger partial charge in [-0.05, 0) is 63.1 Å². The van der Waals surface area contributed by atoms with Crippen LogP contribution in [0, 0.1) is 20.8 Å². The van der Waals surface area contributed by atoms with Gasteiger partial charge < -0.3 is 5.32 Å². The number of carbonyl (C=O) groups excluding carboxylic acids is 1. The van der Waals surface area contributed by atoms with Crippen LogP contribution in [0.1, 0.15) is 33.5 Å². The number of benzene rings is 2. The number of aryl methyl sites for hydroxylation is 3. The molecular weight excluding hydrogens is 336 g/mol. The van der Waals surface area contributed by atoms with Crippen molar-refractivity contribution >= 4 is 27.3 Å². The summed E-state index contributed by atoms with van der Waals surface area (Å²) in [7, 11) is -3.20. The van der Waals surface area contributed by atoms with Crippen LogP contribution in [0.5, 0.6) is 0 Å². The van der Waals surface area contributed by atoms with Crippen molar-refractivity contribution in [1.82, 2.24) is 0 Å². The molecule has 2 aromatic carbocycles. The molecular formula is C19H22N2O3S. The molecule has 0 radical (unpaired) electrons. The molecule has 1 amide bonds. The Labute approximate surface area is 148 Å². The number of rotatable bonds is 3. The summed E-state index contributed by atoms with van der Waals surface area (Å²) >= 11 is 0. The highest BCUT2D eigenvalue weighted by molar-refractivity contribution is 7.93. The summed E-state index contributed by atoms with van der Waals surface area (Å²) in [4.78, 5) is 12.5. The first-order valence-electron chi connectivity index (χ1n) is 8.27. The van der Waals surface area contributed by atoms with Gasteiger partial charge in [0.1, 0.15) is 0 Å². The molecule has 0 aliphatic carbocycles. The molecule has 132 valence electrons. The quantitative estimate of drug-likeness (QED) is 0.914. The second-order valence-electron chi connectivity index (χ2n) is 6.57. The van der Waals surface area contributed by atoms with Gasteiger partial charge in [-0.15, -0.1) is 0 Å². The summed E-state index contributed by atoms with van der Waals surface area (Å²) in [6.07, 6.45) is 0.645. The topological polar surface area (TPSA) is 66.5 Å². The zero-order valence-corrected chi connectivity index (χ0v) is 15.5. The molecule has 0 bridgehead atoms. The highest BCUT2D eigenvalue weighted by atomic mass is 32.2. The van der Waals surface area contributed by atoms with Gasteiger partial charge in [0.2, 0.25) is 10.0 Å². The van der Waals surface area contributed by atoms with Gasteiger partial charge in [0.05, 0.1) is 11.4 Å².